The summed E-state index contributed by atoms with van der Waals surface area (Å²) in [6.45, 7) is 3.95. The van der Waals surface area contributed by atoms with Crippen LogP contribution in [0.4, 0.5) is 5.82 Å². The molecule has 1 aromatic rings. The Morgan fingerprint density at radius 3 is 2.67 bits per heavy atom. The van der Waals surface area contributed by atoms with E-state index in [1.165, 1.54) is 0 Å². The molecule has 0 aliphatic heterocycles. The van der Waals surface area contributed by atoms with E-state index in [9.17, 15) is 4.79 Å². The van der Waals surface area contributed by atoms with Crippen LogP contribution < -0.4 is 10.6 Å². The smallest absolute Gasteiger partial charge is 0.230 e. The quantitative estimate of drug-likeness (QED) is 0.840. The number of amides is 1. The van der Waals surface area contributed by atoms with Gasteiger partial charge in [-0.3, -0.25) is 9.69 Å². The second-order valence-corrected chi connectivity index (χ2v) is 4.89. The average Bonchev–Trinajstić information content (AvgIpc) is 2.37. The predicted octanol–water partition coefficient (Wildman–Crippen LogP) is 2.20. The van der Waals surface area contributed by atoms with Crippen molar-refractivity contribution in [1.82, 2.24) is 4.98 Å². The minimum atomic E-state index is 0.00996. The lowest BCUT2D eigenvalue weighted by Crippen LogP contribution is -2.32. The molecule has 0 aliphatic rings. The van der Waals surface area contributed by atoms with Crippen LogP contribution in [0.2, 0.25) is 0 Å². The maximum absolute atomic E-state index is 12.2. The lowest BCUT2D eigenvalue weighted by molar-refractivity contribution is -0.121. The molecule has 2 N–H and O–H groups in total. The molecule has 1 aromatic heterocycles. The molecule has 2 unspecified atom stereocenters. The molecule has 100 valence electrons. The third-order valence-electron chi connectivity index (χ3n) is 3.04. The van der Waals surface area contributed by atoms with Crippen molar-refractivity contribution in [1.29, 1.82) is 0 Å². The van der Waals surface area contributed by atoms with Crippen LogP contribution in [0.1, 0.15) is 33.1 Å². The van der Waals surface area contributed by atoms with Gasteiger partial charge in [0.15, 0.2) is 0 Å². The van der Waals surface area contributed by atoms with Crippen LogP contribution in [0.5, 0.6) is 0 Å². The van der Waals surface area contributed by atoms with Crippen LogP contribution in [0.15, 0.2) is 24.4 Å². The maximum Gasteiger partial charge on any atom is 0.230 e. The molecule has 0 fully saturated rings. The number of pyridine rings is 1. The molecule has 2 atom stereocenters. The highest BCUT2D eigenvalue weighted by molar-refractivity contribution is 5.93. The van der Waals surface area contributed by atoms with Crippen LogP contribution in [-0.2, 0) is 4.79 Å². The molecule has 0 saturated heterocycles. The summed E-state index contributed by atoms with van der Waals surface area (Å²) in [4.78, 5) is 18.0. The van der Waals surface area contributed by atoms with Crippen molar-refractivity contribution in [3.63, 3.8) is 0 Å². The van der Waals surface area contributed by atoms with Gasteiger partial charge in [0.1, 0.15) is 5.82 Å². The Hall–Kier alpha value is -1.42. The summed E-state index contributed by atoms with van der Waals surface area (Å²) in [5, 5.41) is 0. The van der Waals surface area contributed by atoms with E-state index in [1.807, 2.05) is 32.0 Å². The molecule has 0 saturated carbocycles. The molecular weight excluding hydrogens is 226 g/mol. The molecule has 0 spiro atoms. The average molecular weight is 249 g/mol. The van der Waals surface area contributed by atoms with Crippen molar-refractivity contribution >= 4 is 11.7 Å². The molecule has 4 heteroatoms. The van der Waals surface area contributed by atoms with E-state index in [4.69, 9.17) is 5.73 Å². The van der Waals surface area contributed by atoms with Crippen LogP contribution in [0, 0.1) is 5.92 Å². The molecule has 18 heavy (non-hydrogen) atoms. The fourth-order valence-electron chi connectivity index (χ4n) is 1.87. The van der Waals surface area contributed by atoms with Gasteiger partial charge in [-0.05, 0) is 31.9 Å². The standard InChI is InChI=1S/C14H23N3O/c1-11(7-6-8-12(2)15)14(18)17(3)13-9-4-5-10-16-13/h4-5,9-12H,6-8,15H2,1-3H3. The van der Waals surface area contributed by atoms with Crippen molar-refractivity contribution in [2.75, 3.05) is 11.9 Å². The van der Waals surface area contributed by atoms with Gasteiger partial charge in [-0.25, -0.2) is 4.98 Å². The van der Waals surface area contributed by atoms with Gasteiger partial charge in [-0.15, -0.1) is 0 Å². The summed E-state index contributed by atoms with van der Waals surface area (Å²) in [6.07, 6.45) is 4.52. The summed E-state index contributed by atoms with van der Waals surface area (Å²) in [6, 6.07) is 5.77. The first-order valence-corrected chi connectivity index (χ1v) is 6.46. The van der Waals surface area contributed by atoms with Crippen molar-refractivity contribution in [2.24, 2.45) is 11.7 Å². The van der Waals surface area contributed by atoms with E-state index in [1.54, 1.807) is 18.1 Å². The maximum atomic E-state index is 12.2. The molecule has 1 amide bonds. The van der Waals surface area contributed by atoms with E-state index < -0.39 is 0 Å². The zero-order chi connectivity index (χ0) is 13.5. The molecule has 0 bridgehead atoms. The van der Waals surface area contributed by atoms with Gasteiger partial charge >= 0.3 is 0 Å². The topological polar surface area (TPSA) is 59.2 Å². The fraction of sp³-hybridized carbons (Fsp3) is 0.571. The minimum absolute atomic E-state index is 0.00996. The first-order valence-electron chi connectivity index (χ1n) is 6.46. The van der Waals surface area contributed by atoms with Gasteiger partial charge in [0.05, 0.1) is 0 Å². The lowest BCUT2D eigenvalue weighted by atomic mass is 10.0. The first kappa shape index (κ1) is 14.6. The van der Waals surface area contributed by atoms with Crippen LogP contribution in [-0.4, -0.2) is 24.0 Å². The largest absolute Gasteiger partial charge is 0.328 e. The van der Waals surface area contributed by atoms with Crippen molar-refractivity contribution in [3.8, 4) is 0 Å². The second kappa shape index (κ2) is 7.11. The third-order valence-corrected chi connectivity index (χ3v) is 3.04. The SMILES string of the molecule is CC(N)CCCC(C)C(=O)N(C)c1ccccn1. The molecule has 0 radical (unpaired) electrons. The number of hydrogen-bond donors (Lipinski definition) is 1. The monoisotopic (exact) mass is 249 g/mol. The number of rotatable bonds is 6. The van der Waals surface area contributed by atoms with Gasteiger partial charge in [-0.1, -0.05) is 19.4 Å². The Bertz CT molecular complexity index is 365. The third kappa shape index (κ3) is 4.45. The van der Waals surface area contributed by atoms with Gasteiger partial charge in [0.2, 0.25) is 5.91 Å². The van der Waals surface area contributed by atoms with E-state index in [-0.39, 0.29) is 17.9 Å². The fourth-order valence-corrected chi connectivity index (χ4v) is 1.87. The highest BCUT2D eigenvalue weighted by atomic mass is 16.2. The molecule has 0 aromatic carbocycles. The van der Waals surface area contributed by atoms with Gasteiger partial charge in [-0.2, -0.15) is 0 Å². The van der Waals surface area contributed by atoms with E-state index >= 15 is 0 Å². The number of aromatic nitrogens is 1. The summed E-state index contributed by atoms with van der Waals surface area (Å²) in [7, 11) is 1.77. The van der Waals surface area contributed by atoms with Crippen LogP contribution in [0.3, 0.4) is 0 Å². The number of anilines is 1. The Labute approximate surface area is 109 Å². The summed E-state index contributed by atoms with van der Waals surface area (Å²) in [5.41, 5.74) is 5.70. The molecule has 0 aliphatic carbocycles. The number of hydrogen-bond acceptors (Lipinski definition) is 3. The molecule has 4 nitrogen and oxygen atoms in total. The van der Waals surface area contributed by atoms with Crippen LogP contribution >= 0.6 is 0 Å². The van der Waals surface area contributed by atoms with E-state index in [2.05, 4.69) is 4.98 Å². The lowest BCUT2D eigenvalue weighted by Gasteiger charge is -2.20. The number of nitrogens with two attached hydrogens (primary N) is 1. The minimum Gasteiger partial charge on any atom is -0.328 e. The Kier molecular flexibility index (Phi) is 5.78. The first-order chi connectivity index (χ1) is 8.52. The van der Waals surface area contributed by atoms with Crippen molar-refractivity contribution < 1.29 is 4.79 Å². The zero-order valence-electron chi connectivity index (χ0n) is 11.5. The normalized spacial score (nSPS) is 14.0. The number of nitrogens with zero attached hydrogens (tertiary/aromatic N) is 2. The van der Waals surface area contributed by atoms with Crippen molar-refractivity contribution in [3.05, 3.63) is 24.4 Å². The summed E-state index contributed by atoms with van der Waals surface area (Å²) >= 11 is 0. The Morgan fingerprint density at radius 1 is 1.39 bits per heavy atom. The van der Waals surface area contributed by atoms with E-state index in [0.717, 1.165) is 19.3 Å². The predicted molar refractivity (Wildman–Crippen MR) is 74.3 cm³/mol. The van der Waals surface area contributed by atoms with Gasteiger partial charge < -0.3 is 5.73 Å². The summed E-state index contributed by atoms with van der Waals surface area (Å²) in [5.74, 6) is 0.815. The number of carbonyl (C=O) groups excluding carboxylic acids is 1. The van der Waals surface area contributed by atoms with E-state index in [0.29, 0.717) is 5.82 Å². The number of carbonyl (C=O) groups is 1. The van der Waals surface area contributed by atoms with Crippen molar-refractivity contribution in [2.45, 2.75) is 39.2 Å². The highest BCUT2D eigenvalue weighted by Crippen LogP contribution is 2.15. The van der Waals surface area contributed by atoms with Gasteiger partial charge in [0, 0.05) is 25.2 Å². The Morgan fingerprint density at radius 2 is 2.11 bits per heavy atom. The highest BCUT2D eigenvalue weighted by Gasteiger charge is 2.18. The van der Waals surface area contributed by atoms with Crippen LogP contribution in [0.25, 0.3) is 0 Å². The van der Waals surface area contributed by atoms with Gasteiger partial charge in [0.25, 0.3) is 0 Å². The zero-order valence-corrected chi connectivity index (χ0v) is 11.5. The summed E-state index contributed by atoms with van der Waals surface area (Å²) < 4.78 is 0. The second-order valence-electron chi connectivity index (χ2n) is 4.89. The Balaban J connectivity index is 2.48. The molecule has 1 heterocycles. The molecular formula is C14H23N3O. The molecule has 1 rings (SSSR count).